The normalized spacial score (nSPS) is 11.0. The van der Waals surface area contributed by atoms with Crippen molar-refractivity contribution in [1.29, 1.82) is 0 Å². The van der Waals surface area contributed by atoms with Gasteiger partial charge in [-0.25, -0.2) is 4.39 Å². The third-order valence-corrected chi connectivity index (χ3v) is 3.92. The summed E-state index contributed by atoms with van der Waals surface area (Å²) in [6.45, 7) is 4.49. The van der Waals surface area contributed by atoms with Crippen LogP contribution >= 0.6 is 22.6 Å². The standard InChI is InChI=1S/C15H17FIN3O2/c1-9(2)14-19-13(22-20-14)4-3-7-18-15(21)11-6-5-10(16)8-12(11)17/h5-6,8-9H,3-4,7H2,1-2H3,(H,18,21). The van der Waals surface area contributed by atoms with Crippen LogP contribution in [0.4, 0.5) is 4.39 Å². The van der Waals surface area contributed by atoms with E-state index < -0.39 is 0 Å². The molecular formula is C15H17FIN3O2. The largest absolute Gasteiger partial charge is 0.352 e. The molecule has 1 aromatic heterocycles. The average molecular weight is 417 g/mol. The lowest BCUT2D eigenvalue weighted by Gasteiger charge is -2.06. The van der Waals surface area contributed by atoms with Gasteiger partial charge in [0.2, 0.25) is 5.89 Å². The highest BCUT2D eigenvalue weighted by Gasteiger charge is 2.11. The first kappa shape index (κ1) is 16.9. The van der Waals surface area contributed by atoms with E-state index in [1.54, 1.807) is 0 Å². The maximum absolute atomic E-state index is 13.0. The summed E-state index contributed by atoms with van der Waals surface area (Å²) < 4.78 is 18.7. The van der Waals surface area contributed by atoms with E-state index in [0.29, 0.717) is 40.2 Å². The van der Waals surface area contributed by atoms with Crippen molar-refractivity contribution in [1.82, 2.24) is 15.5 Å². The minimum absolute atomic E-state index is 0.210. The first-order valence-electron chi connectivity index (χ1n) is 7.03. The molecule has 0 aliphatic carbocycles. The van der Waals surface area contributed by atoms with Crippen LogP contribution in [0.3, 0.4) is 0 Å². The second-order valence-corrected chi connectivity index (χ2v) is 6.35. The summed E-state index contributed by atoms with van der Waals surface area (Å²) in [5.41, 5.74) is 0.474. The molecule has 0 saturated carbocycles. The summed E-state index contributed by atoms with van der Waals surface area (Å²) in [5.74, 6) is 0.947. The van der Waals surface area contributed by atoms with Gasteiger partial charge >= 0.3 is 0 Å². The molecule has 5 nitrogen and oxygen atoms in total. The van der Waals surface area contributed by atoms with Crippen molar-refractivity contribution in [3.8, 4) is 0 Å². The fourth-order valence-electron chi connectivity index (χ4n) is 1.81. The molecule has 0 aliphatic heterocycles. The monoisotopic (exact) mass is 417 g/mol. The third kappa shape index (κ3) is 4.49. The summed E-state index contributed by atoms with van der Waals surface area (Å²) in [6.07, 6.45) is 1.31. The summed E-state index contributed by atoms with van der Waals surface area (Å²) in [4.78, 5) is 16.3. The highest BCUT2D eigenvalue weighted by molar-refractivity contribution is 14.1. The summed E-state index contributed by atoms with van der Waals surface area (Å²) in [5, 5.41) is 6.69. The van der Waals surface area contributed by atoms with Gasteiger partial charge in [0.05, 0.1) is 5.56 Å². The van der Waals surface area contributed by atoms with E-state index in [4.69, 9.17) is 4.52 Å². The Bertz CT molecular complexity index is 658. The SMILES string of the molecule is CC(C)c1noc(CCCNC(=O)c2ccc(F)cc2I)n1. The first-order chi connectivity index (χ1) is 10.5. The first-order valence-corrected chi connectivity index (χ1v) is 8.11. The van der Waals surface area contributed by atoms with Crippen molar-refractivity contribution < 1.29 is 13.7 Å². The van der Waals surface area contributed by atoms with Crippen molar-refractivity contribution in [3.63, 3.8) is 0 Å². The van der Waals surface area contributed by atoms with E-state index in [-0.39, 0.29) is 17.6 Å². The van der Waals surface area contributed by atoms with Gasteiger partial charge in [-0.3, -0.25) is 4.79 Å². The zero-order chi connectivity index (χ0) is 16.1. The summed E-state index contributed by atoms with van der Waals surface area (Å²) >= 11 is 1.95. The Labute approximate surface area is 141 Å². The molecule has 0 fully saturated rings. The molecule has 22 heavy (non-hydrogen) atoms. The van der Waals surface area contributed by atoms with Gasteiger partial charge in [-0.05, 0) is 47.2 Å². The Kier molecular flexibility index (Phi) is 5.87. The van der Waals surface area contributed by atoms with Crippen molar-refractivity contribution >= 4 is 28.5 Å². The Balaban J connectivity index is 1.79. The molecule has 0 spiro atoms. The number of nitrogens with zero attached hydrogens (tertiary/aromatic N) is 2. The Morgan fingerprint density at radius 3 is 2.86 bits per heavy atom. The fraction of sp³-hybridized carbons (Fsp3) is 0.400. The van der Waals surface area contributed by atoms with Crippen LogP contribution in [0.1, 0.15) is 48.3 Å². The van der Waals surface area contributed by atoms with Crippen molar-refractivity contribution in [2.24, 2.45) is 0 Å². The predicted molar refractivity (Wildman–Crippen MR) is 88.2 cm³/mol. The van der Waals surface area contributed by atoms with Crippen LogP contribution in [-0.2, 0) is 6.42 Å². The van der Waals surface area contributed by atoms with Gasteiger partial charge in [-0.15, -0.1) is 0 Å². The quantitative estimate of drug-likeness (QED) is 0.579. The van der Waals surface area contributed by atoms with E-state index in [9.17, 15) is 9.18 Å². The van der Waals surface area contributed by atoms with E-state index in [1.165, 1.54) is 18.2 Å². The predicted octanol–water partition coefficient (Wildman–Crippen LogP) is 3.30. The number of nitrogens with one attached hydrogen (secondary N) is 1. The number of amides is 1. The van der Waals surface area contributed by atoms with Crippen molar-refractivity contribution in [2.45, 2.75) is 32.6 Å². The molecule has 1 amide bonds. The molecule has 118 valence electrons. The molecule has 0 atom stereocenters. The minimum atomic E-state index is -0.349. The third-order valence-electron chi connectivity index (χ3n) is 3.03. The van der Waals surface area contributed by atoms with Crippen molar-refractivity contribution in [2.75, 3.05) is 6.54 Å². The van der Waals surface area contributed by atoms with Gasteiger partial charge < -0.3 is 9.84 Å². The maximum atomic E-state index is 13.0. The summed E-state index contributed by atoms with van der Waals surface area (Å²) in [7, 11) is 0. The number of hydrogen-bond donors (Lipinski definition) is 1. The highest BCUT2D eigenvalue weighted by atomic mass is 127. The average Bonchev–Trinajstić information content (AvgIpc) is 2.92. The lowest BCUT2D eigenvalue weighted by molar-refractivity contribution is 0.0952. The second-order valence-electron chi connectivity index (χ2n) is 5.18. The zero-order valence-electron chi connectivity index (χ0n) is 12.4. The number of aryl methyl sites for hydroxylation is 1. The molecule has 1 N–H and O–H groups in total. The topological polar surface area (TPSA) is 68.0 Å². The van der Waals surface area contributed by atoms with E-state index >= 15 is 0 Å². The van der Waals surface area contributed by atoms with Gasteiger partial charge in [-0.2, -0.15) is 4.98 Å². The number of hydrogen-bond acceptors (Lipinski definition) is 4. The van der Waals surface area contributed by atoms with Gasteiger partial charge in [0.15, 0.2) is 5.82 Å². The van der Waals surface area contributed by atoms with Crippen LogP contribution in [0.2, 0.25) is 0 Å². The van der Waals surface area contributed by atoms with Crippen LogP contribution in [0.25, 0.3) is 0 Å². The maximum Gasteiger partial charge on any atom is 0.252 e. The number of halogens is 2. The molecule has 0 unspecified atom stereocenters. The second kappa shape index (κ2) is 7.66. The van der Waals surface area contributed by atoms with Crippen LogP contribution in [-0.4, -0.2) is 22.6 Å². The number of benzene rings is 1. The smallest absolute Gasteiger partial charge is 0.252 e. The van der Waals surface area contributed by atoms with Crippen LogP contribution in [0, 0.1) is 9.39 Å². The number of carbonyl (C=O) groups excluding carboxylic acids is 1. The molecule has 1 heterocycles. The van der Waals surface area contributed by atoms with E-state index in [2.05, 4.69) is 15.5 Å². The molecule has 1 aromatic carbocycles. The Morgan fingerprint density at radius 2 is 2.23 bits per heavy atom. The van der Waals surface area contributed by atoms with Gasteiger partial charge in [-0.1, -0.05) is 19.0 Å². The lowest BCUT2D eigenvalue weighted by Crippen LogP contribution is -2.25. The molecule has 7 heteroatoms. The van der Waals surface area contributed by atoms with Gasteiger partial charge in [0, 0.05) is 22.5 Å². The Morgan fingerprint density at radius 1 is 1.45 bits per heavy atom. The van der Waals surface area contributed by atoms with E-state index in [1.807, 2.05) is 36.4 Å². The lowest BCUT2D eigenvalue weighted by atomic mass is 10.2. The molecule has 2 rings (SSSR count). The molecule has 0 saturated heterocycles. The molecular weight excluding hydrogens is 400 g/mol. The molecule has 0 bridgehead atoms. The molecule has 2 aromatic rings. The fourth-order valence-corrected chi connectivity index (χ4v) is 2.54. The highest BCUT2D eigenvalue weighted by Crippen LogP contribution is 2.14. The van der Waals surface area contributed by atoms with Gasteiger partial charge in [0.25, 0.3) is 5.91 Å². The number of carbonyl (C=O) groups is 1. The van der Waals surface area contributed by atoms with E-state index in [0.717, 1.165) is 0 Å². The van der Waals surface area contributed by atoms with Gasteiger partial charge in [0.1, 0.15) is 5.82 Å². The molecule has 0 radical (unpaired) electrons. The zero-order valence-corrected chi connectivity index (χ0v) is 14.6. The summed E-state index contributed by atoms with van der Waals surface area (Å²) in [6, 6.07) is 4.10. The van der Waals surface area contributed by atoms with Crippen LogP contribution in [0.5, 0.6) is 0 Å². The molecule has 0 aliphatic rings. The number of rotatable bonds is 6. The Hall–Kier alpha value is -1.51. The number of aromatic nitrogens is 2. The van der Waals surface area contributed by atoms with Crippen molar-refractivity contribution in [3.05, 3.63) is 44.9 Å². The van der Waals surface area contributed by atoms with Crippen LogP contribution in [0.15, 0.2) is 22.7 Å². The minimum Gasteiger partial charge on any atom is -0.352 e. The van der Waals surface area contributed by atoms with Crippen LogP contribution < -0.4 is 5.32 Å².